The Morgan fingerprint density at radius 3 is 2.85 bits per heavy atom. The van der Waals surface area contributed by atoms with E-state index in [0.29, 0.717) is 17.4 Å². The summed E-state index contributed by atoms with van der Waals surface area (Å²) in [5, 5.41) is 10.9. The predicted octanol–water partition coefficient (Wildman–Crippen LogP) is 0.688. The molecule has 3 heterocycles. The number of nitrogens with one attached hydrogen (secondary N) is 3. The summed E-state index contributed by atoms with van der Waals surface area (Å²) in [6, 6.07) is 3.98. The quantitative estimate of drug-likeness (QED) is 0.398. The molecule has 0 aliphatic heterocycles. The zero-order chi connectivity index (χ0) is 13.8. The maximum atomic E-state index is 5.35. The van der Waals surface area contributed by atoms with Crippen molar-refractivity contribution in [1.82, 2.24) is 25.1 Å². The average Bonchev–Trinajstić information content (AvgIpc) is 2.96. The van der Waals surface area contributed by atoms with Gasteiger partial charge in [0.15, 0.2) is 5.65 Å². The summed E-state index contributed by atoms with van der Waals surface area (Å²) >= 11 is 0. The first-order valence-corrected chi connectivity index (χ1v) is 6.17. The molecule has 0 spiro atoms. The van der Waals surface area contributed by atoms with Crippen molar-refractivity contribution in [3.63, 3.8) is 0 Å². The molecular formula is C12H14N8. The number of anilines is 2. The largest absolute Gasteiger partial charge is 0.369 e. The molecule has 0 fully saturated rings. The van der Waals surface area contributed by atoms with Crippen LogP contribution in [-0.4, -0.2) is 31.7 Å². The Morgan fingerprint density at radius 2 is 2.05 bits per heavy atom. The van der Waals surface area contributed by atoms with E-state index < -0.39 is 0 Å². The third-order valence-corrected chi connectivity index (χ3v) is 2.89. The van der Waals surface area contributed by atoms with Crippen LogP contribution in [-0.2, 0) is 6.42 Å². The van der Waals surface area contributed by atoms with Crippen LogP contribution in [0, 0.1) is 0 Å². The number of hydrogen-bond acceptors (Lipinski definition) is 7. The minimum Gasteiger partial charge on any atom is -0.369 e. The van der Waals surface area contributed by atoms with E-state index in [4.69, 9.17) is 5.84 Å². The molecule has 0 saturated carbocycles. The van der Waals surface area contributed by atoms with Gasteiger partial charge >= 0.3 is 0 Å². The van der Waals surface area contributed by atoms with E-state index in [1.165, 1.54) is 5.56 Å². The fourth-order valence-electron chi connectivity index (χ4n) is 1.91. The lowest BCUT2D eigenvalue weighted by atomic mass is 10.2. The fraction of sp³-hybridized carbons (Fsp3) is 0.167. The third kappa shape index (κ3) is 2.50. The van der Waals surface area contributed by atoms with Gasteiger partial charge in [-0.25, -0.2) is 5.84 Å². The molecule has 0 aromatic carbocycles. The fourth-order valence-corrected chi connectivity index (χ4v) is 1.91. The molecule has 0 saturated heterocycles. The van der Waals surface area contributed by atoms with Crippen LogP contribution >= 0.6 is 0 Å². The lowest BCUT2D eigenvalue weighted by molar-refractivity contribution is 0.998. The highest BCUT2D eigenvalue weighted by atomic mass is 15.3. The van der Waals surface area contributed by atoms with Gasteiger partial charge in [0.2, 0.25) is 5.95 Å². The molecule has 20 heavy (non-hydrogen) atoms. The van der Waals surface area contributed by atoms with Crippen molar-refractivity contribution in [2.75, 3.05) is 17.3 Å². The third-order valence-electron chi connectivity index (χ3n) is 2.89. The highest BCUT2D eigenvalue weighted by Crippen LogP contribution is 2.19. The van der Waals surface area contributed by atoms with Crippen LogP contribution in [0.5, 0.6) is 0 Å². The van der Waals surface area contributed by atoms with Crippen LogP contribution in [0.4, 0.5) is 11.8 Å². The zero-order valence-electron chi connectivity index (χ0n) is 10.7. The molecule has 0 amide bonds. The molecule has 3 rings (SSSR count). The van der Waals surface area contributed by atoms with Gasteiger partial charge in [-0.15, -0.1) is 0 Å². The summed E-state index contributed by atoms with van der Waals surface area (Å²) in [4.78, 5) is 12.5. The molecule has 0 radical (unpaired) electrons. The number of rotatable bonds is 5. The monoisotopic (exact) mass is 270 g/mol. The smallest absolute Gasteiger partial charge is 0.241 e. The summed E-state index contributed by atoms with van der Waals surface area (Å²) in [5.41, 5.74) is 4.29. The second-order valence-electron chi connectivity index (χ2n) is 4.20. The molecule has 0 aliphatic carbocycles. The summed E-state index contributed by atoms with van der Waals surface area (Å²) < 4.78 is 0. The highest BCUT2D eigenvalue weighted by Gasteiger charge is 2.08. The maximum absolute atomic E-state index is 5.35. The first kappa shape index (κ1) is 12.3. The van der Waals surface area contributed by atoms with Gasteiger partial charge in [0.05, 0.1) is 11.6 Å². The second-order valence-corrected chi connectivity index (χ2v) is 4.20. The lowest BCUT2D eigenvalue weighted by Gasteiger charge is -2.08. The molecule has 8 nitrogen and oxygen atoms in total. The van der Waals surface area contributed by atoms with Crippen molar-refractivity contribution in [2.45, 2.75) is 6.42 Å². The van der Waals surface area contributed by atoms with Gasteiger partial charge in [0, 0.05) is 18.9 Å². The van der Waals surface area contributed by atoms with E-state index >= 15 is 0 Å². The SMILES string of the molecule is NNc1nc(NCCc2ccncc2)c2cn[nH]c2n1. The summed E-state index contributed by atoms with van der Waals surface area (Å²) in [6.45, 7) is 0.741. The summed E-state index contributed by atoms with van der Waals surface area (Å²) in [6.07, 6.45) is 6.12. The normalized spacial score (nSPS) is 10.7. The second kappa shape index (κ2) is 5.49. The van der Waals surface area contributed by atoms with Crippen LogP contribution < -0.4 is 16.6 Å². The van der Waals surface area contributed by atoms with E-state index in [-0.39, 0.29) is 0 Å². The molecule has 102 valence electrons. The first-order valence-electron chi connectivity index (χ1n) is 6.17. The predicted molar refractivity (Wildman–Crippen MR) is 75.9 cm³/mol. The Morgan fingerprint density at radius 1 is 1.20 bits per heavy atom. The van der Waals surface area contributed by atoms with Crippen molar-refractivity contribution in [1.29, 1.82) is 0 Å². The molecule has 8 heteroatoms. The lowest BCUT2D eigenvalue weighted by Crippen LogP contribution is -2.13. The van der Waals surface area contributed by atoms with Gasteiger partial charge in [0.25, 0.3) is 0 Å². The van der Waals surface area contributed by atoms with Gasteiger partial charge in [0.1, 0.15) is 5.82 Å². The standard InChI is InChI=1S/C12H14N8/c13-19-12-17-10(9-7-16-20-11(9)18-12)15-6-3-8-1-4-14-5-2-8/h1-2,4-5,7H,3,6,13H2,(H3,15,16,17,18,19,20). The minimum atomic E-state index is 0.341. The van der Waals surface area contributed by atoms with Crippen molar-refractivity contribution >= 4 is 22.8 Å². The molecular weight excluding hydrogens is 256 g/mol. The van der Waals surface area contributed by atoms with Crippen molar-refractivity contribution < 1.29 is 0 Å². The van der Waals surface area contributed by atoms with Crippen LogP contribution in [0.1, 0.15) is 5.56 Å². The number of nitrogen functional groups attached to an aromatic ring is 1. The number of nitrogens with zero attached hydrogens (tertiary/aromatic N) is 4. The van der Waals surface area contributed by atoms with Crippen molar-refractivity contribution in [3.8, 4) is 0 Å². The van der Waals surface area contributed by atoms with E-state index in [1.54, 1.807) is 18.6 Å². The Kier molecular flexibility index (Phi) is 3.38. The first-order chi connectivity index (χ1) is 9.86. The van der Waals surface area contributed by atoms with Gasteiger partial charge in [-0.05, 0) is 24.1 Å². The zero-order valence-corrected chi connectivity index (χ0v) is 10.7. The summed E-state index contributed by atoms with van der Waals surface area (Å²) in [7, 11) is 0. The maximum Gasteiger partial charge on any atom is 0.241 e. The molecule has 0 unspecified atom stereocenters. The molecule has 3 aromatic rings. The number of aromatic nitrogens is 5. The number of H-pyrrole nitrogens is 1. The number of hydrazine groups is 1. The number of hydrogen-bond donors (Lipinski definition) is 4. The van der Waals surface area contributed by atoms with Gasteiger partial charge in [-0.1, -0.05) is 0 Å². The molecule has 0 aliphatic rings. The highest BCUT2D eigenvalue weighted by molar-refractivity contribution is 5.86. The molecule has 0 bridgehead atoms. The van der Waals surface area contributed by atoms with Crippen LogP contribution in [0.15, 0.2) is 30.7 Å². The van der Waals surface area contributed by atoms with E-state index in [1.807, 2.05) is 12.1 Å². The van der Waals surface area contributed by atoms with E-state index in [0.717, 1.165) is 18.4 Å². The van der Waals surface area contributed by atoms with E-state index in [2.05, 4.69) is 35.9 Å². The number of fused-ring (bicyclic) bond motifs is 1. The Balaban J connectivity index is 1.75. The number of aromatic amines is 1. The van der Waals surface area contributed by atoms with Crippen LogP contribution in [0.25, 0.3) is 11.0 Å². The van der Waals surface area contributed by atoms with Gasteiger partial charge < -0.3 is 5.32 Å². The van der Waals surface area contributed by atoms with Gasteiger partial charge in [-0.3, -0.25) is 15.5 Å². The Bertz CT molecular complexity index is 693. The Hall–Kier alpha value is -2.74. The van der Waals surface area contributed by atoms with Gasteiger partial charge in [-0.2, -0.15) is 15.1 Å². The topological polar surface area (TPSA) is 117 Å². The van der Waals surface area contributed by atoms with Crippen LogP contribution in [0.3, 0.4) is 0 Å². The molecule has 5 N–H and O–H groups in total. The minimum absolute atomic E-state index is 0.341. The summed E-state index contributed by atoms with van der Waals surface area (Å²) in [5.74, 6) is 6.39. The number of nitrogens with two attached hydrogens (primary N) is 1. The van der Waals surface area contributed by atoms with E-state index in [9.17, 15) is 0 Å². The molecule has 3 aromatic heterocycles. The van der Waals surface area contributed by atoms with Crippen LogP contribution in [0.2, 0.25) is 0 Å². The number of pyridine rings is 1. The average molecular weight is 270 g/mol. The van der Waals surface area contributed by atoms with Crippen molar-refractivity contribution in [3.05, 3.63) is 36.3 Å². The molecule has 0 atom stereocenters. The Labute approximate surface area is 114 Å². The van der Waals surface area contributed by atoms with Crippen molar-refractivity contribution in [2.24, 2.45) is 5.84 Å².